The predicted molar refractivity (Wildman–Crippen MR) is 109 cm³/mol. The van der Waals surface area contributed by atoms with Gasteiger partial charge in [-0.2, -0.15) is 5.48 Å². The van der Waals surface area contributed by atoms with Gasteiger partial charge in [0.1, 0.15) is 12.2 Å². The Bertz CT molecular complexity index is 694. The van der Waals surface area contributed by atoms with Crippen LogP contribution >= 0.6 is 0 Å². The molecule has 3 rings (SSSR count). The number of unbranched alkanes of at least 4 members (excludes halogenated alkanes) is 2. The highest BCUT2D eigenvalue weighted by Crippen LogP contribution is 2.37. The van der Waals surface area contributed by atoms with Gasteiger partial charge < -0.3 is 14.6 Å². The lowest BCUT2D eigenvalue weighted by atomic mass is 9.92. The molecule has 5 heteroatoms. The van der Waals surface area contributed by atoms with E-state index in [1.807, 2.05) is 36.4 Å². The van der Waals surface area contributed by atoms with E-state index >= 15 is 0 Å². The van der Waals surface area contributed by atoms with Crippen molar-refractivity contribution in [3.63, 3.8) is 0 Å². The highest BCUT2D eigenvalue weighted by Gasteiger charge is 2.54. The molecule has 0 aromatic heterocycles. The third kappa shape index (κ3) is 4.80. The van der Waals surface area contributed by atoms with Crippen LogP contribution in [0.25, 0.3) is 0 Å². The first-order valence-corrected chi connectivity index (χ1v) is 10.0. The molecule has 4 unspecified atom stereocenters. The summed E-state index contributed by atoms with van der Waals surface area (Å²) in [6, 6.07) is 20.4. The zero-order chi connectivity index (χ0) is 19.8. The summed E-state index contributed by atoms with van der Waals surface area (Å²) in [6.45, 7) is 2.27. The topological polar surface area (TPSA) is 60.0 Å². The largest absolute Gasteiger partial charge is 0.391 e. The summed E-state index contributed by atoms with van der Waals surface area (Å²) in [7, 11) is 1.62. The normalized spacial score (nSPS) is 25.7. The van der Waals surface area contributed by atoms with Crippen molar-refractivity contribution in [1.29, 1.82) is 0 Å². The minimum atomic E-state index is -0.933. The fourth-order valence-electron chi connectivity index (χ4n) is 3.75. The monoisotopic (exact) mass is 385 g/mol. The lowest BCUT2D eigenvalue weighted by Gasteiger charge is -2.34. The molecule has 28 heavy (non-hydrogen) atoms. The Morgan fingerprint density at radius 1 is 1.04 bits per heavy atom. The van der Waals surface area contributed by atoms with Crippen molar-refractivity contribution >= 4 is 0 Å². The molecule has 1 fully saturated rings. The number of aliphatic hydroxyl groups is 1. The van der Waals surface area contributed by atoms with E-state index in [-0.39, 0.29) is 0 Å². The van der Waals surface area contributed by atoms with Crippen LogP contribution in [-0.2, 0) is 26.5 Å². The number of methoxy groups -OCH3 is 1. The van der Waals surface area contributed by atoms with Crippen molar-refractivity contribution < 1.29 is 19.4 Å². The molecule has 1 aliphatic heterocycles. The zero-order valence-corrected chi connectivity index (χ0v) is 16.7. The fourth-order valence-corrected chi connectivity index (χ4v) is 3.75. The highest BCUT2D eigenvalue weighted by molar-refractivity contribution is 5.25. The molecule has 0 amide bonds. The van der Waals surface area contributed by atoms with Crippen LogP contribution in [-0.4, -0.2) is 37.1 Å². The summed E-state index contributed by atoms with van der Waals surface area (Å²) in [4.78, 5) is 5.67. The maximum Gasteiger partial charge on any atom is 0.195 e. The molecular weight excluding hydrogens is 354 g/mol. The summed E-state index contributed by atoms with van der Waals surface area (Å²) in [5.74, 6) is 0. The molecule has 1 heterocycles. The maximum atomic E-state index is 10.1. The van der Waals surface area contributed by atoms with E-state index in [0.29, 0.717) is 6.61 Å². The van der Waals surface area contributed by atoms with Crippen LogP contribution in [0.15, 0.2) is 60.7 Å². The Morgan fingerprint density at radius 3 is 2.36 bits per heavy atom. The third-order valence-electron chi connectivity index (χ3n) is 5.26. The van der Waals surface area contributed by atoms with Gasteiger partial charge in [-0.05, 0) is 31.7 Å². The predicted octanol–water partition coefficient (Wildman–Crippen LogP) is 3.57. The average molecular weight is 386 g/mol. The Hall–Kier alpha value is -1.76. The Labute approximate surface area is 167 Å². The van der Waals surface area contributed by atoms with Crippen molar-refractivity contribution in [2.75, 3.05) is 13.7 Å². The lowest BCUT2D eigenvalue weighted by Crippen LogP contribution is -2.51. The standard InChI is InChI=1S/C23H31NO4/c1-18(25)21-22(26-2)23(24-28-21,20-15-9-4-10-16-20)27-17-11-5-8-14-19-12-6-3-7-13-19/h3-4,6-7,9-10,12-13,15-16,18,21-22,24-25H,5,8,11,14,17H2,1-2H3. The van der Waals surface area contributed by atoms with Gasteiger partial charge in [0.25, 0.3) is 0 Å². The molecule has 4 atom stereocenters. The van der Waals surface area contributed by atoms with Crippen LogP contribution in [0.3, 0.4) is 0 Å². The van der Waals surface area contributed by atoms with E-state index in [9.17, 15) is 5.11 Å². The molecule has 1 aliphatic rings. The van der Waals surface area contributed by atoms with Gasteiger partial charge in [0.2, 0.25) is 0 Å². The molecule has 1 saturated heterocycles. The molecule has 0 aliphatic carbocycles. The smallest absolute Gasteiger partial charge is 0.195 e. The lowest BCUT2D eigenvalue weighted by molar-refractivity contribution is -0.154. The van der Waals surface area contributed by atoms with Crippen LogP contribution < -0.4 is 5.48 Å². The minimum absolute atomic E-state index is 0.459. The number of hydrogen-bond donors (Lipinski definition) is 2. The summed E-state index contributed by atoms with van der Waals surface area (Å²) in [6.07, 6.45) is 2.58. The van der Waals surface area contributed by atoms with Crippen molar-refractivity contribution in [2.45, 2.75) is 56.6 Å². The van der Waals surface area contributed by atoms with E-state index < -0.39 is 24.0 Å². The van der Waals surface area contributed by atoms with Crippen molar-refractivity contribution in [1.82, 2.24) is 5.48 Å². The van der Waals surface area contributed by atoms with Gasteiger partial charge in [0.15, 0.2) is 5.72 Å². The van der Waals surface area contributed by atoms with Gasteiger partial charge in [-0.3, -0.25) is 4.84 Å². The van der Waals surface area contributed by atoms with Gasteiger partial charge in [0, 0.05) is 19.3 Å². The van der Waals surface area contributed by atoms with E-state index in [2.05, 4.69) is 29.7 Å². The number of nitrogens with one attached hydrogen (secondary N) is 1. The Kier molecular flexibility index (Phi) is 7.59. The summed E-state index contributed by atoms with van der Waals surface area (Å²) in [5.41, 5.74) is 4.39. The van der Waals surface area contributed by atoms with E-state index in [1.54, 1.807) is 14.0 Å². The number of benzene rings is 2. The van der Waals surface area contributed by atoms with Gasteiger partial charge >= 0.3 is 0 Å². The molecule has 2 aromatic carbocycles. The Balaban J connectivity index is 1.59. The van der Waals surface area contributed by atoms with Crippen LogP contribution in [0.1, 0.15) is 37.3 Å². The number of aryl methyl sites for hydroxylation is 1. The quantitative estimate of drug-likeness (QED) is 0.613. The second kappa shape index (κ2) is 10.1. The number of hydrogen-bond acceptors (Lipinski definition) is 5. The van der Waals surface area contributed by atoms with Crippen molar-refractivity contribution in [3.8, 4) is 0 Å². The zero-order valence-electron chi connectivity index (χ0n) is 16.7. The number of ether oxygens (including phenoxy) is 2. The SMILES string of the molecule is COC1C(C(C)O)ONC1(OCCCCCc1ccccc1)c1ccccc1. The van der Waals surface area contributed by atoms with E-state index in [1.165, 1.54) is 5.56 Å². The summed E-state index contributed by atoms with van der Waals surface area (Å²) >= 11 is 0. The second-order valence-electron chi connectivity index (χ2n) is 7.33. The Morgan fingerprint density at radius 2 is 1.71 bits per heavy atom. The van der Waals surface area contributed by atoms with Crippen molar-refractivity contribution in [3.05, 3.63) is 71.8 Å². The first-order valence-electron chi connectivity index (χ1n) is 10.0. The van der Waals surface area contributed by atoms with E-state index in [4.69, 9.17) is 14.3 Å². The van der Waals surface area contributed by atoms with Crippen molar-refractivity contribution in [2.24, 2.45) is 0 Å². The molecule has 2 aromatic rings. The molecule has 0 saturated carbocycles. The number of aliphatic hydroxyl groups excluding tert-OH is 1. The molecule has 152 valence electrons. The summed E-state index contributed by atoms with van der Waals surface area (Å²) in [5, 5.41) is 10.1. The van der Waals surface area contributed by atoms with E-state index in [0.717, 1.165) is 31.2 Å². The number of rotatable bonds is 10. The van der Waals surface area contributed by atoms with Gasteiger partial charge in [-0.1, -0.05) is 67.1 Å². The average Bonchev–Trinajstić information content (AvgIpc) is 3.12. The molecule has 2 N–H and O–H groups in total. The fraction of sp³-hybridized carbons (Fsp3) is 0.478. The van der Waals surface area contributed by atoms with Crippen LogP contribution in [0, 0.1) is 0 Å². The molecule has 0 bridgehead atoms. The summed E-state index contributed by atoms with van der Waals surface area (Å²) < 4.78 is 12.1. The molecule has 0 spiro atoms. The first-order chi connectivity index (χ1) is 13.7. The van der Waals surface area contributed by atoms with Crippen LogP contribution in [0.5, 0.6) is 0 Å². The molecular formula is C23H31NO4. The van der Waals surface area contributed by atoms with Gasteiger partial charge in [0.05, 0.1) is 6.10 Å². The van der Waals surface area contributed by atoms with Crippen LogP contribution in [0.2, 0.25) is 0 Å². The van der Waals surface area contributed by atoms with Gasteiger partial charge in [-0.25, -0.2) is 0 Å². The molecule has 0 radical (unpaired) electrons. The third-order valence-corrected chi connectivity index (χ3v) is 5.26. The minimum Gasteiger partial charge on any atom is -0.391 e. The first kappa shape index (κ1) is 21.0. The number of hydroxylamine groups is 1. The maximum absolute atomic E-state index is 10.1. The highest BCUT2D eigenvalue weighted by atomic mass is 16.7. The molecule has 5 nitrogen and oxygen atoms in total. The van der Waals surface area contributed by atoms with Gasteiger partial charge in [-0.15, -0.1) is 0 Å². The van der Waals surface area contributed by atoms with Crippen LogP contribution in [0.4, 0.5) is 0 Å². The second-order valence-corrected chi connectivity index (χ2v) is 7.33.